The number of rotatable bonds is 4. The molecule has 1 aromatic heterocycles. The second-order valence-corrected chi connectivity index (χ2v) is 5.11. The molecule has 2 N–H and O–H groups in total. The van der Waals surface area contributed by atoms with Crippen molar-refractivity contribution in [2.24, 2.45) is 17.1 Å². The minimum absolute atomic E-state index is 0.231. The molecule has 94 valence electrons. The molecule has 0 bridgehead atoms. The van der Waals surface area contributed by atoms with Gasteiger partial charge in [-0.15, -0.1) is 0 Å². The Kier molecular flexibility index (Phi) is 3.00. The molecular formula is C13H20N2O2. The lowest BCUT2D eigenvalue weighted by atomic mass is 10.0. The number of hydrogen-bond donors (Lipinski definition) is 1. The molecule has 0 aromatic carbocycles. The number of methoxy groups -OCH3 is 2. The highest BCUT2D eigenvalue weighted by molar-refractivity contribution is 5.43. The maximum Gasteiger partial charge on any atom is 0.213 e. The molecule has 4 nitrogen and oxygen atoms in total. The quantitative estimate of drug-likeness (QED) is 0.866. The van der Waals surface area contributed by atoms with Gasteiger partial charge in [0.15, 0.2) is 0 Å². The van der Waals surface area contributed by atoms with Crippen LogP contribution in [0.3, 0.4) is 0 Å². The van der Waals surface area contributed by atoms with Gasteiger partial charge < -0.3 is 15.2 Å². The van der Waals surface area contributed by atoms with Gasteiger partial charge in [0.05, 0.1) is 20.4 Å². The topological polar surface area (TPSA) is 57.4 Å². The van der Waals surface area contributed by atoms with Crippen LogP contribution in [0.15, 0.2) is 12.3 Å². The Hall–Kier alpha value is -1.29. The molecule has 0 amide bonds. The van der Waals surface area contributed by atoms with Crippen molar-refractivity contribution in [1.82, 2.24) is 4.98 Å². The lowest BCUT2D eigenvalue weighted by Gasteiger charge is -2.10. The average Bonchev–Trinajstić information content (AvgIpc) is 2.89. The van der Waals surface area contributed by atoms with E-state index in [4.69, 9.17) is 15.2 Å². The summed E-state index contributed by atoms with van der Waals surface area (Å²) in [4.78, 5) is 4.16. The van der Waals surface area contributed by atoms with E-state index in [0.717, 1.165) is 11.3 Å². The highest BCUT2D eigenvalue weighted by Gasteiger charge is 2.58. The molecule has 2 rings (SSSR count). The second kappa shape index (κ2) is 4.18. The minimum atomic E-state index is 0.231. The Balaban J connectivity index is 2.38. The number of aromatic nitrogens is 1. The largest absolute Gasteiger partial charge is 0.495 e. The van der Waals surface area contributed by atoms with Crippen molar-refractivity contribution in [2.45, 2.75) is 19.8 Å². The summed E-state index contributed by atoms with van der Waals surface area (Å²) in [5.41, 5.74) is 7.19. The fourth-order valence-electron chi connectivity index (χ4n) is 2.76. The molecular weight excluding hydrogens is 216 g/mol. The third-order valence-corrected chi connectivity index (χ3v) is 3.94. The second-order valence-electron chi connectivity index (χ2n) is 5.11. The van der Waals surface area contributed by atoms with Gasteiger partial charge in [-0.25, -0.2) is 4.98 Å². The molecule has 0 saturated heterocycles. The Morgan fingerprint density at radius 3 is 2.53 bits per heavy atom. The number of pyridine rings is 1. The fraction of sp³-hybridized carbons (Fsp3) is 0.615. The normalized spacial score (nSPS) is 25.5. The number of nitrogens with two attached hydrogens (primary N) is 1. The first-order valence-electron chi connectivity index (χ1n) is 5.84. The first-order valence-corrected chi connectivity index (χ1v) is 5.84. The van der Waals surface area contributed by atoms with Crippen molar-refractivity contribution >= 4 is 0 Å². The summed E-state index contributed by atoms with van der Waals surface area (Å²) in [6, 6.07) is 1.96. The zero-order chi connectivity index (χ0) is 12.6. The third kappa shape index (κ3) is 1.86. The smallest absolute Gasteiger partial charge is 0.213 e. The van der Waals surface area contributed by atoms with Crippen LogP contribution in [-0.4, -0.2) is 25.7 Å². The van der Waals surface area contributed by atoms with E-state index in [-0.39, 0.29) is 5.41 Å². The zero-order valence-electron chi connectivity index (χ0n) is 10.9. The van der Waals surface area contributed by atoms with Gasteiger partial charge in [-0.1, -0.05) is 13.8 Å². The van der Waals surface area contributed by atoms with Crippen LogP contribution in [0.5, 0.6) is 11.6 Å². The maximum absolute atomic E-state index is 5.81. The van der Waals surface area contributed by atoms with Crippen LogP contribution in [0, 0.1) is 11.3 Å². The zero-order valence-corrected chi connectivity index (χ0v) is 10.9. The van der Waals surface area contributed by atoms with Gasteiger partial charge in [0, 0.05) is 11.6 Å². The summed E-state index contributed by atoms with van der Waals surface area (Å²) >= 11 is 0. The Bertz CT molecular complexity index is 418. The van der Waals surface area contributed by atoms with E-state index in [1.165, 1.54) is 0 Å². The van der Waals surface area contributed by atoms with Gasteiger partial charge in [0.1, 0.15) is 5.75 Å². The first kappa shape index (κ1) is 12.2. The highest BCUT2D eigenvalue weighted by Crippen LogP contribution is 2.65. The van der Waals surface area contributed by atoms with Gasteiger partial charge in [-0.3, -0.25) is 0 Å². The van der Waals surface area contributed by atoms with Crippen LogP contribution in [0.1, 0.15) is 25.3 Å². The van der Waals surface area contributed by atoms with Crippen LogP contribution in [-0.2, 0) is 0 Å². The maximum atomic E-state index is 5.81. The van der Waals surface area contributed by atoms with Crippen LogP contribution in [0.4, 0.5) is 0 Å². The highest BCUT2D eigenvalue weighted by atomic mass is 16.5. The minimum Gasteiger partial charge on any atom is -0.495 e. The molecule has 2 atom stereocenters. The van der Waals surface area contributed by atoms with E-state index >= 15 is 0 Å². The predicted octanol–water partition coefficient (Wildman–Crippen LogP) is 1.80. The molecule has 1 aliphatic rings. The molecule has 4 heteroatoms. The van der Waals surface area contributed by atoms with Crippen LogP contribution in [0.2, 0.25) is 0 Å². The Labute approximate surface area is 102 Å². The lowest BCUT2D eigenvalue weighted by molar-refractivity contribution is 0.383. The van der Waals surface area contributed by atoms with E-state index in [9.17, 15) is 0 Å². The lowest BCUT2D eigenvalue weighted by Crippen LogP contribution is -2.05. The van der Waals surface area contributed by atoms with E-state index in [2.05, 4.69) is 18.8 Å². The van der Waals surface area contributed by atoms with Gasteiger partial charge >= 0.3 is 0 Å². The third-order valence-electron chi connectivity index (χ3n) is 3.94. The number of ether oxygens (including phenoxy) is 2. The number of hydrogen-bond acceptors (Lipinski definition) is 4. The first-order chi connectivity index (χ1) is 8.06. The van der Waals surface area contributed by atoms with Crippen LogP contribution >= 0.6 is 0 Å². The van der Waals surface area contributed by atoms with Crippen molar-refractivity contribution in [3.63, 3.8) is 0 Å². The van der Waals surface area contributed by atoms with Crippen molar-refractivity contribution in [1.29, 1.82) is 0 Å². The fourth-order valence-corrected chi connectivity index (χ4v) is 2.76. The van der Waals surface area contributed by atoms with Crippen LogP contribution < -0.4 is 15.2 Å². The molecule has 0 aliphatic heterocycles. The van der Waals surface area contributed by atoms with E-state index in [1.54, 1.807) is 20.4 Å². The molecule has 0 spiro atoms. The standard InChI is InChI=1S/C13H20N2O2/c1-13(2)9(6-14)12(13)8-5-11(17-4)15-7-10(8)16-3/h5,7,9,12H,6,14H2,1-4H3/t9-,12-/m1/s1. The summed E-state index contributed by atoms with van der Waals surface area (Å²) in [6.45, 7) is 5.18. The van der Waals surface area contributed by atoms with Crippen molar-refractivity contribution in [2.75, 3.05) is 20.8 Å². The average molecular weight is 236 g/mol. The van der Waals surface area contributed by atoms with Gasteiger partial charge in [0.25, 0.3) is 0 Å². The monoisotopic (exact) mass is 236 g/mol. The Morgan fingerprint density at radius 2 is 2.06 bits per heavy atom. The van der Waals surface area contributed by atoms with E-state index < -0.39 is 0 Å². The van der Waals surface area contributed by atoms with Gasteiger partial charge in [-0.2, -0.15) is 0 Å². The molecule has 17 heavy (non-hydrogen) atoms. The molecule has 0 radical (unpaired) electrons. The SMILES string of the molecule is COc1cc([C@@H]2[C@@H](CN)C2(C)C)c(OC)cn1. The summed E-state index contributed by atoms with van der Waals surface area (Å²) in [5.74, 6) is 2.38. The molecule has 1 heterocycles. The molecule has 1 aromatic rings. The van der Waals surface area contributed by atoms with Gasteiger partial charge in [0.2, 0.25) is 5.88 Å². The number of nitrogens with zero attached hydrogens (tertiary/aromatic N) is 1. The van der Waals surface area contributed by atoms with E-state index in [1.807, 2.05) is 6.07 Å². The van der Waals surface area contributed by atoms with Gasteiger partial charge in [-0.05, 0) is 23.8 Å². The molecule has 1 saturated carbocycles. The van der Waals surface area contributed by atoms with E-state index in [0.29, 0.717) is 24.3 Å². The summed E-state index contributed by atoms with van der Waals surface area (Å²) in [7, 11) is 3.29. The molecule has 1 aliphatic carbocycles. The van der Waals surface area contributed by atoms with Crippen molar-refractivity contribution < 1.29 is 9.47 Å². The predicted molar refractivity (Wildman–Crippen MR) is 66.4 cm³/mol. The van der Waals surface area contributed by atoms with Crippen molar-refractivity contribution in [3.8, 4) is 11.6 Å². The summed E-state index contributed by atoms with van der Waals surface area (Å²) < 4.78 is 10.5. The Morgan fingerprint density at radius 1 is 1.35 bits per heavy atom. The summed E-state index contributed by atoms with van der Waals surface area (Å²) in [5, 5.41) is 0. The summed E-state index contributed by atoms with van der Waals surface area (Å²) in [6.07, 6.45) is 1.72. The van der Waals surface area contributed by atoms with Crippen molar-refractivity contribution in [3.05, 3.63) is 17.8 Å². The van der Waals surface area contributed by atoms with Crippen LogP contribution in [0.25, 0.3) is 0 Å². The molecule has 0 unspecified atom stereocenters. The molecule has 1 fully saturated rings.